The van der Waals surface area contributed by atoms with Gasteiger partial charge in [0.2, 0.25) is 5.91 Å². The van der Waals surface area contributed by atoms with E-state index in [0.29, 0.717) is 56.7 Å². The van der Waals surface area contributed by atoms with Crippen LogP contribution in [0.4, 0.5) is 0 Å². The highest BCUT2D eigenvalue weighted by atomic mass is 16.5. The maximum atomic E-state index is 13.7. The van der Waals surface area contributed by atoms with Crippen molar-refractivity contribution in [3.05, 3.63) is 71.5 Å². The zero-order valence-electron chi connectivity index (χ0n) is 24.3. The highest BCUT2D eigenvalue weighted by molar-refractivity contribution is 5.98. The van der Waals surface area contributed by atoms with E-state index in [1.54, 1.807) is 16.9 Å². The first-order chi connectivity index (χ1) is 20.9. The fourth-order valence-corrected chi connectivity index (χ4v) is 6.28. The molecule has 43 heavy (non-hydrogen) atoms. The second-order valence-electron chi connectivity index (χ2n) is 11.8. The van der Waals surface area contributed by atoms with Gasteiger partial charge in [-0.3, -0.25) is 19.2 Å². The van der Waals surface area contributed by atoms with E-state index in [1.165, 1.54) is 0 Å². The van der Waals surface area contributed by atoms with Crippen molar-refractivity contribution in [3.8, 4) is 16.9 Å². The molecular weight excluding hydrogens is 550 g/mol. The quantitative estimate of drug-likeness (QED) is 0.361. The van der Waals surface area contributed by atoms with E-state index in [0.717, 1.165) is 22.3 Å². The van der Waals surface area contributed by atoms with Gasteiger partial charge in [-0.2, -0.15) is 5.10 Å². The molecule has 228 valence electrons. The molecule has 2 aromatic carbocycles. The standard InChI is InChI=1S/C32H39N5O6/c1-36-16-21(14-34-36)17-37-18-24-13-27(37)32(41)33-15-30-28(39)9-7-25(43-30)10-11-42-29-12-23(6-8-26(29)31(40)35-24)22-4-2-20(19-38)3-5-22/h2-6,8,12,14,16,24-25,27-28,30,38-39H,7,9-11,13,15,17-19H2,1H3,(H,33,41)(H,35,40)/t24-,25-,27-,28-,30+/m0/s1. The lowest BCUT2D eigenvalue weighted by Gasteiger charge is -2.34. The molecule has 5 atom stereocenters. The summed E-state index contributed by atoms with van der Waals surface area (Å²) in [5, 5.41) is 30.5. The number of hydrogen-bond donors (Lipinski definition) is 4. The van der Waals surface area contributed by atoms with Gasteiger partial charge in [0.05, 0.1) is 43.2 Å². The van der Waals surface area contributed by atoms with Crippen molar-refractivity contribution in [1.29, 1.82) is 0 Å². The van der Waals surface area contributed by atoms with E-state index in [2.05, 4.69) is 20.6 Å². The van der Waals surface area contributed by atoms with Crippen LogP contribution in [0.3, 0.4) is 0 Å². The number of benzene rings is 2. The fraction of sp³-hybridized carbons (Fsp3) is 0.469. The van der Waals surface area contributed by atoms with E-state index < -0.39 is 18.2 Å². The Morgan fingerprint density at radius 3 is 2.63 bits per heavy atom. The second kappa shape index (κ2) is 12.8. The van der Waals surface area contributed by atoms with Crippen molar-refractivity contribution in [3.63, 3.8) is 0 Å². The van der Waals surface area contributed by atoms with Crippen molar-refractivity contribution in [1.82, 2.24) is 25.3 Å². The van der Waals surface area contributed by atoms with Crippen LogP contribution in [0.5, 0.6) is 5.75 Å². The molecule has 4 bridgehead atoms. The largest absolute Gasteiger partial charge is 0.493 e. The van der Waals surface area contributed by atoms with Crippen molar-refractivity contribution in [2.45, 2.75) is 69.2 Å². The number of aryl methyl sites for hydroxylation is 1. The van der Waals surface area contributed by atoms with Crippen LogP contribution < -0.4 is 15.4 Å². The molecule has 4 heterocycles. The summed E-state index contributed by atoms with van der Waals surface area (Å²) in [4.78, 5) is 29.2. The zero-order valence-corrected chi connectivity index (χ0v) is 24.3. The van der Waals surface area contributed by atoms with Crippen molar-refractivity contribution in [2.24, 2.45) is 7.05 Å². The van der Waals surface area contributed by atoms with E-state index in [-0.39, 0.29) is 37.1 Å². The third-order valence-electron chi connectivity index (χ3n) is 8.64. The first-order valence-electron chi connectivity index (χ1n) is 15.0. The minimum Gasteiger partial charge on any atom is -0.493 e. The van der Waals surface area contributed by atoms with Crippen LogP contribution in [0, 0.1) is 0 Å². The Kier molecular flexibility index (Phi) is 8.75. The highest BCUT2D eigenvalue weighted by Crippen LogP contribution is 2.30. The molecule has 11 nitrogen and oxygen atoms in total. The van der Waals surface area contributed by atoms with Gasteiger partial charge in [-0.15, -0.1) is 0 Å². The van der Waals surface area contributed by atoms with Crippen LogP contribution in [0.2, 0.25) is 0 Å². The van der Waals surface area contributed by atoms with Gasteiger partial charge >= 0.3 is 0 Å². The normalized spacial score (nSPS) is 26.7. The van der Waals surface area contributed by atoms with Crippen LogP contribution in [-0.4, -0.2) is 86.8 Å². The van der Waals surface area contributed by atoms with Gasteiger partial charge in [0.1, 0.15) is 11.9 Å². The molecule has 3 aliphatic heterocycles. The van der Waals surface area contributed by atoms with Gasteiger partial charge in [-0.05, 0) is 48.1 Å². The summed E-state index contributed by atoms with van der Waals surface area (Å²) >= 11 is 0. The molecule has 0 spiro atoms. The average Bonchev–Trinajstić information content (AvgIpc) is 3.61. The Labute approximate surface area is 250 Å². The number of aliphatic hydroxyl groups excluding tert-OH is 2. The monoisotopic (exact) mass is 589 g/mol. The lowest BCUT2D eigenvalue weighted by molar-refractivity contribution is -0.133. The molecule has 2 saturated heterocycles. The van der Waals surface area contributed by atoms with E-state index in [1.807, 2.05) is 49.6 Å². The molecule has 1 aromatic heterocycles. The van der Waals surface area contributed by atoms with Crippen LogP contribution in [0.15, 0.2) is 54.9 Å². The lowest BCUT2D eigenvalue weighted by atomic mass is 9.99. The number of carbonyl (C=O) groups is 2. The molecule has 6 rings (SSSR count). The van der Waals surface area contributed by atoms with Crippen LogP contribution >= 0.6 is 0 Å². The number of amides is 2. The molecule has 0 aliphatic carbocycles. The van der Waals surface area contributed by atoms with Crippen LogP contribution in [0.1, 0.15) is 47.2 Å². The summed E-state index contributed by atoms with van der Waals surface area (Å²) in [5.74, 6) is 0.0697. The number of nitrogens with one attached hydrogen (secondary N) is 2. The van der Waals surface area contributed by atoms with Gasteiger partial charge in [-0.1, -0.05) is 30.3 Å². The first-order valence-corrected chi connectivity index (χ1v) is 15.0. The predicted octanol–water partition coefficient (Wildman–Crippen LogP) is 1.76. The van der Waals surface area contributed by atoms with Gasteiger partial charge in [0.25, 0.3) is 5.91 Å². The second-order valence-corrected chi connectivity index (χ2v) is 11.8. The minimum atomic E-state index is -0.654. The summed E-state index contributed by atoms with van der Waals surface area (Å²) < 4.78 is 14.2. The van der Waals surface area contributed by atoms with E-state index in [4.69, 9.17) is 9.47 Å². The first kappa shape index (κ1) is 29.3. The Bertz CT molecular complexity index is 1440. The van der Waals surface area contributed by atoms with Crippen molar-refractivity contribution in [2.75, 3.05) is 19.7 Å². The number of hydrogen-bond acceptors (Lipinski definition) is 8. The van der Waals surface area contributed by atoms with Gasteiger partial charge in [-0.25, -0.2) is 0 Å². The molecule has 3 aromatic rings. The fourth-order valence-electron chi connectivity index (χ4n) is 6.28. The van der Waals surface area contributed by atoms with Gasteiger partial charge < -0.3 is 30.3 Å². The van der Waals surface area contributed by atoms with Crippen LogP contribution in [-0.2, 0) is 29.7 Å². The Hall–Kier alpha value is -3.77. The Morgan fingerprint density at radius 2 is 1.86 bits per heavy atom. The summed E-state index contributed by atoms with van der Waals surface area (Å²) in [5.41, 5.74) is 4.06. The molecule has 11 heteroatoms. The van der Waals surface area contributed by atoms with Crippen molar-refractivity contribution >= 4 is 11.8 Å². The molecule has 2 amide bonds. The predicted molar refractivity (Wildman–Crippen MR) is 158 cm³/mol. The number of nitrogens with zero attached hydrogens (tertiary/aromatic N) is 3. The van der Waals surface area contributed by atoms with Crippen molar-refractivity contribution < 1.29 is 29.3 Å². The Balaban J connectivity index is 1.29. The number of fused-ring (bicyclic) bond motifs is 5. The molecule has 3 aliphatic rings. The number of carbonyl (C=O) groups excluding carboxylic acids is 2. The maximum absolute atomic E-state index is 13.7. The summed E-state index contributed by atoms with van der Waals surface area (Å²) in [7, 11) is 1.85. The van der Waals surface area contributed by atoms with Gasteiger partial charge in [0, 0.05) is 50.9 Å². The lowest BCUT2D eigenvalue weighted by Crippen LogP contribution is -2.50. The van der Waals surface area contributed by atoms with Crippen LogP contribution in [0.25, 0.3) is 11.1 Å². The number of rotatable bonds is 4. The maximum Gasteiger partial charge on any atom is 0.255 e. The third kappa shape index (κ3) is 6.75. The molecular formula is C32H39N5O6. The SMILES string of the molecule is Cn1cc(CN2C[C@@H]3C[C@H]2C(=O)NC[C@H]2O[C@H](CCOc4cc(-c5ccc(CO)cc5)ccc4C(=O)N3)CC[C@@H]2O)cn1. The average molecular weight is 590 g/mol. The molecule has 0 unspecified atom stereocenters. The smallest absolute Gasteiger partial charge is 0.255 e. The minimum absolute atomic E-state index is 0.0295. The highest BCUT2D eigenvalue weighted by Gasteiger charge is 2.39. The third-order valence-corrected chi connectivity index (χ3v) is 8.64. The number of aromatic nitrogens is 2. The van der Waals surface area contributed by atoms with E-state index in [9.17, 15) is 19.8 Å². The molecule has 0 saturated carbocycles. The number of aliphatic hydroxyl groups is 2. The molecule has 2 fully saturated rings. The Morgan fingerprint density at radius 1 is 1.05 bits per heavy atom. The molecule has 0 radical (unpaired) electrons. The number of ether oxygens (including phenoxy) is 2. The van der Waals surface area contributed by atoms with Gasteiger partial charge in [0.15, 0.2) is 0 Å². The van der Waals surface area contributed by atoms with E-state index >= 15 is 0 Å². The number of likely N-dealkylation sites (tertiary alicyclic amines) is 1. The topological polar surface area (TPSA) is 138 Å². The summed E-state index contributed by atoms with van der Waals surface area (Å²) in [6, 6.07) is 12.4. The summed E-state index contributed by atoms with van der Waals surface area (Å²) in [6.07, 6.45) is 4.70. The molecule has 4 N–H and O–H groups in total. The summed E-state index contributed by atoms with van der Waals surface area (Å²) in [6.45, 7) is 1.53. The zero-order chi connectivity index (χ0) is 29.9.